The van der Waals surface area contributed by atoms with E-state index in [4.69, 9.17) is 0 Å². The van der Waals surface area contributed by atoms with Crippen LogP contribution in [0, 0.1) is 0 Å². The summed E-state index contributed by atoms with van der Waals surface area (Å²) in [6.07, 6.45) is 7.08. The number of amides is 1. The van der Waals surface area contributed by atoms with Gasteiger partial charge in [0.05, 0.1) is 5.71 Å². The molecule has 0 saturated heterocycles. The quantitative estimate of drug-likeness (QED) is 0.660. The Bertz CT molecular complexity index is 517. The van der Waals surface area contributed by atoms with E-state index < -0.39 is 0 Å². The number of hydrogen-bond acceptors (Lipinski definition) is 3. The predicted octanol–water partition coefficient (Wildman–Crippen LogP) is 3.24. The Kier molecular flexibility index (Phi) is 4.98. The van der Waals surface area contributed by atoms with E-state index in [1.807, 2.05) is 18.2 Å². The molecule has 1 amide bonds. The molecular formula is C15H16N2OS. The summed E-state index contributed by atoms with van der Waals surface area (Å²) in [5.41, 5.74) is 4.52. The van der Waals surface area contributed by atoms with E-state index in [1.165, 1.54) is 4.90 Å². The Morgan fingerprint density at radius 1 is 1.26 bits per heavy atom. The first-order chi connectivity index (χ1) is 9.28. The van der Waals surface area contributed by atoms with Gasteiger partial charge in [-0.3, -0.25) is 4.79 Å². The van der Waals surface area contributed by atoms with Crippen molar-refractivity contribution in [1.29, 1.82) is 0 Å². The van der Waals surface area contributed by atoms with Crippen molar-refractivity contribution >= 4 is 29.5 Å². The molecule has 98 valence electrons. The third kappa shape index (κ3) is 4.41. The minimum absolute atomic E-state index is 0.0132. The molecule has 1 heterocycles. The Balaban J connectivity index is 1.95. The molecule has 0 unspecified atom stereocenters. The van der Waals surface area contributed by atoms with Crippen LogP contribution in [0.4, 0.5) is 0 Å². The minimum atomic E-state index is -0.0132. The van der Waals surface area contributed by atoms with Crippen LogP contribution in [-0.2, 0) is 4.79 Å². The first-order valence-electron chi connectivity index (χ1n) is 6.15. The topological polar surface area (TPSA) is 41.5 Å². The fourth-order valence-electron chi connectivity index (χ4n) is 1.63. The van der Waals surface area contributed by atoms with E-state index >= 15 is 0 Å². The zero-order valence-corrected chi connectivity index (χ0v) is 11.5. The molecule has 0 bridgehead atoms. The fourth-order valence-corrected chi connectivity index (χ4v) is 2.27. The van der Waals surface area contributed by atoms with Crippen LogP contribution in [0.3, 0.4) is 0 Å². The lowest BCUT2D eigenvalue weighted by atomic mass is 10.1. The summed E-state index contributed by atoms with van der Waals surface area (Å²) in [7, 11) is 0. The van der Waals surface area contributed by atoms with Gasteiger partial charge in [-0.05, 0) is 23.8 Å². The summed E-state index contributed by atoms with van der Waals surface area (Å²) in [6, 6.07) is 8.34. The number of allylic oxidation sites excluding steroid dienone is 1. The van der Waals surface area contributed by atoms with Gasteiger partial charge in [0.15, 0.2) is 0 Å². The van der Waals surface area contributed by atoms with Crippen molar-refractivity contribution in [1.82, 2.24) is 5.43 Å². The average molecular weight is 272 g/mol. The molecule has 0 radical (unpaired) electrons. The highest BCUT2D eigenvalue weighted by atomic mass is 32.2. The van der Waals surface area contributed by atoms with Crippen molar-refractivity contribution in [3.05, 3.63) is 48.6 Å². The smallest absolute Gasteiger partial charge is 0.240 e. The highest BCUT2D eigenvalue weighted by molar-refractivity contribution is 7.99. The van der Waals surface area contributed by atoms with Crippen molar-refractivity contribution in [2.45, 2.75) is 17.7 Å². The number of rotatable bonds is 5. The molecule has 1 aliphatic heterocycles. The van der Waals surface area contributed by atoms with Gasteiger partial charge < -0.3 is 0 Å². The van der Waals surface area contributed by atoms with Crippen LogP contribution in [-0.4, -0.2) is 17.4 Å². The number of carbonyl (C=O) groups excluding carboxylic acids is 1. The summed E-state index contributed by atoms with van der Waals surface area (Å²) < 4.78 is 0. The number of thioether (sulfide) groups is 1. The van der Waals surface area contributed by atoms with Gasteiger partial charge in [-0.15, -0.1) is 18.3 Å². The first kappa shape index (κ1) is 13.6. The van der Waals surface area contributed by atoms with Gasteiger partial charge in [0.25, 0.3) is 0 Å². The fraction of sp³-hybridized carbons (Fsp3) is 0.200. The molecule has 1 aliphatic rings. The van der Waals surface area contributed by atoms with Gasteiger partial charge in [-0.2, -0.15) is 5.10 Å². The maximum atomic E-state index is 11.0. The second-order valence-corrected chi connectivity index (χ2v) is 5.23. The average Bonchev–Trinajstić information content (AvgIpc) is 2.46. The number of hydrazone groups is 1. The highest BCUT2D eigenvalue weighted by Crippen LogP contribution is 2.18. The van der Waals surface area contributed by atoms with Gasteiger partial charge in [0.1, 0.15) is 0 Å². The Morgan fingerprint density at radius 3 is 2.68 bits per heavy atom. The van der Waals surface area contributed by atoms with Crippen LogP contribution in [0.5, 0.6) is 0 Å². The van der Waals surface area contributed by atoms with E-state index in [0.717, 1.165) is 17.0 Å². The maximum Gasteiger partial charge on any atom is 0.240 e. The number of nitrogens with zero attached hydrogens (tertiary/aromatic N) is 1. The molecule has 0 spiro atoms. The molecule has 0 atom stereocenters. The van der Waals surface area contributed by atoms with Crippen LogP contribution in [0.2, 0.25) is 0 Å². The SMILES string of the molecule is C=CCSc1ccc(C=CC2=NNC(=O)CC2)cc1. The molecule has 2 rings (SSSR count). The summed E-state index contributed by atoms with van der Waals surface area (Å²) in [5.74, 6) is 0.909. The van der Waals surface area contributed by atoms with Crippen molar-refractivity contribution in [3.8, 4) is 0 Å². The zero-order valence-electron chi connectivity index (χ0n) is 10.6. The van der Waals surface area contributed by atoms with Crippen LogP contribution >= 0.6 is 11.8 Å². The second-order valence-electron chi connectivity index (χ2n) is 4.14. The third-order valence-corrected chi connectivity index (χ3v) is 3.66. The number of benzene rings is 1. The molecule has 1 aromatic rings. The molecule has 1 aromatic carbocycles. The van der Waals surface area contributed by atoms with Crippen molar-refractivity contribution in [3.63, 3.8) is 0 Å². The summed E-state index contributed by atoms with van der Waals surface area (Å²) in [4.78, 5) is 12.2. The molecule has 19 heavy (non-hydrogen) atoms. The molecule has 0 fully saturated rings. The van der Waals surface area contributed by atoms with Gasteiger partial charge in [-0.1, -0.05) is 24.3 Å². The van der Waals surface area contributed by atoms with Crippen molar-refractivity contribution in [2.24, 2.45) is 5.10 Å². The molecule has 1 N–H and O–H groups in total. The lowest BCUT2D eigenvalue weighted by Gasteiger charge is -2.08. The molecule has 0 saturated carbocycles. The highest BCUT2D eigenvalue weighted by Gasteiger charge is 2.08. The molecular weight excluding hydrogens is 256 g/mol. The van der Waals surface area contributed by atoms with Crippen LogP contribution < -0.4 is 5.43 Å². The third-order valence-electron chi connectivity index (χ3n) is 2.65. The molecule has 3 nitrogen and oxygen atoms in total. The normalized spacial score (nSPS) is 15.2. The molecule has 0 aromatic heterocycles. The van der Waals surface area contributed by atoms with Gasteiger partial charge >= 0.3 is 0 Å². The van der Waals surface area contributed by atoms with Gasteiger partial charge in [-0.25, -0.2) is 5.43 Å². The van der Waals surface area contributed by atoms with Crippen molar-refractivity contribution < 1.29 is 4.79 Å². The second kappa shape index (κ2) is 6.95. The van der Waals surface area contributed by atoms with Crippen LogP contribution in [0.15, 0.2) is 53.0 Å². The summed E-state index contributed by atoms with van der Waals surface area (Å²) in [6.45, 7) is 3.70. The largest absolute Gasteiger partial charge is 0.273 e. The van der Waals surface area contributed by atoms with E-state index in [1.54, 1.807) is 11.8 Å². The number of nitrogens with one attached hydrogen (secondary N) is 1. The first-order valence-corrected chi connectivity index (χ1v) is 7.14. The monoisotopic (exact) mass is 272 g/mol. The van der Waals surface area contributed by atoms with Gasteiger partial charge in [0, 0.05) is 23.5 Å². The summed E-state index contributed by atoms with van der Waals surface area (Å²) >= 11 is 1.76. The Hall–Kier alpha value is -1.81. The minimum Gasteiger partial charge on any atom is -0.273 e. The molecule has 0 aliphatic carbocycles. The Labute approximate surface area is 117 Å². The summed E-state index contributed by atoms with van der Waals surface area (Å²) in [5, 5.41) is 4.00. The van der Waals surface area contributed by atoms with Gasteiger partial charge in [0.2, 0.25) is 5.91 Å². The zero-order chi connectivity index (χ0) is 13.5. The van der Waals surface area contributed by atoms with E-state index in [0.29, 0.717) is 12.8 Å². The lowest BCUT2D eigenvalue weighted by Crippen LogP contribution is -2.24. The van der Waals surface area contributed by atoms with Crippen LogP contribution in [0.1, 0.15) is 18.4 Å². The van der Waals surface area contributed by atoms with Crippen molar-refractivity contribution in [2.75, 3.05) is 5.75 Å². The number of hydrogen-bond donors (Lipinski definition) is 1. The lowest BCUT2D eigenvalue weighted by molar-refractivity contribution is -0.121. The number of carbonyl (C=O) groups is 1. The van der Waals surface area contributed by atoms with E-state index in [9.17, 15) is 4.79 Å². The Morgan fingerprint density at radius 2 is 2.05 bits per heavy atom. The maximum absolute atomic E-state index is 11.0. The van der Waals surface area contributed by atoms with E-state index in [-0.39, 0.29) is 5.91 Å². The van der Waals surface area contributed by atoms with E-state index in [2.05, 4.69) is 41.4 Å². The standard InChI is InChI=1S/C15H16N2OS/c1-2-11-19-14-8-4-12(5-9-14)3-6-13-7-10-15(18)17-16-13/h2-6,8-9H,1,7,10-11H2,(H,17,18). The van der Waals surface area contributed by atoms with Crippen LogP contribution in [0.25, 0.3) is 6.08 Å². The predicted molar refractivity (Wildman–Crippen MR) is 81.2 cm³/mol. The molecule has 4 heteroatoms.